The summed E-state index contributed by atoms with van der Waals surface area (Å²) in [6, 6.07) is 0. The number of allylic oxidation sites excluding steroid dienone is 2. The van der Waals surface area contributed by atoms with Crippen LogP contribution in [0.25, 0.3) is 0 Å². The molecule has 9 atom stereocenters. The van der Waals surface area contributed by atoms with Crippen molar-refractivity contribution in [2.45, 2.75) is 78.2 Å². The Morgan fingerprint density at radius 3 is 2.75 bits per heavy atom. The third-order valence-electron chi connectivity index (χ3n) is 9.46. The zero-order valence-electron chi connectivity index (χ0n) is 17.6. The molecule has 4 rings (SSSR count). The first-order valence-corrected chi connectivity index (χ1v) is 11.3. The van der Waals surface area contributed by atoms with E-state index in [9.17, 15) is 14.7 Å². The Hall–Kier alpha value is -1.16. The molecule has 2 N–H and O–H groups in total. The molecule has 156 valence electrons. The van der Waals surface area contributed by atoms with Gasteiger partial charge in [-0.15, -0.1) is 0 Å². The smallest absolute Gasteiger partial charge is 0.303 e. The minimum absolute atomic E-state index is 0.00608. The van der Waals surface area contributed by atoms with E-state index < -0.39 is 5.97 Å². The molecule has 0 bridgehead atoms. The van der Waals surface area contributed by atoms with E-state index in [1.165, 1.54) is 0 Å². The van der Waals surface area contributed by atoms with E-state index >= 15 is 0 Å². The van der Waals surface area contributed by atoms with Gasteiger partial charge < -0.3 is 10.2 Å². The van der Waals surface area contributed by atoms with Gasteiger partial charge in [0.1, 0.15) is 5.78 Å². The summed E-state index contributed by atoms with van der Waals surface area (Å²) in [6.45, 7) is 6.89. The molecule has 0 unspecified atom stereocenters. The summed E-state index contributed by atoms with van der Waals surface area (Å²) in [6.07, 6.45) is 10.9. The Morgan fingerprint density at radius 1 is 1.29 bits per heavy atom. The predicted molar refractivity (Wildman–Crippen MR) is 108 cm³/mol. The van der Waals surface area contributed by atoms with Crippen molar-refractivity contribution in [2.24, 2.45) is 46.3 Å². The largest absolute Gasteiger partial charge is 0.481 e. The second-order valence-electron chi connectivity index (χ2n) is 10.8. The second-order valence-corrected chi connectivity index (χ2v) is 10.8. The third-order valence-corrected chi connectivity index (χ3v) is 9.46. The highest BCUT2D eigenvalue weighted by atomic mass is 16.4. The third kappa shape index (κ3) is 2.98. The maximum Gasteiger partial charge on any atom is 0.303 e. The quantitative estimate of drug-likeness (QED) is 0.697. The van der Waals surface area contributed by atoms with Crippen LogP contribution in [0.4, 0.5) is 0 Å². The predicted octanol–water partition coefficient (Wildman–Crippen LogP) is 4.46. The molecule has 0 spiro atoms. The molecule has 0 saturated heterocycles. The average molecular weight is 389 g/mol. The number of carbonyl (C=O) groups excluding carboxylic acids is 1. The van der Waals surface area contributed by atoms with E-state index in [1.807, 2.05) is 0 Å². The molecule has 0 aromatic heterocycles. The number of carboxylic acids is 1. The Labute approximate surface area is 168 Å². The van der Waals surface area contributed by atoms with Crippen LogP contribution in [-0.4, -0.2) is 28.1 Å². The van der Waals surface area contributed by atoms with Crippen molar-refractivity contribution in [3.8, 4) is 0 Å². The number of fused-ring (bicyclic) bond motifs is 5. The zero-order chi connectivity index (χ0) is 20.3. The molecule has 3 saturated carbocycles. The number of Topliss-reactive ketones (excluding diaryl/α,β-unsaturated/α-hetero) is 1. The van der Waals surface area contributed by atoms with Gasteiger partial charge in [-0.3, -0.25) is 9.59 Å². The molecular weight excluding hydrogens is 352 g/mol. The maximum atomic E-state index is 13.3. The maximum absolute atomic E-state index is 13.3. The van der Waals surface area contributed by atoms with Crippen LogP contribution in [-0.2, 0) is 9.59 Å². The number of carbonyl (C=O) groups is 2. The van der Waals surface area contributed by atoms with Gasteiger partial charge in [0.15, 0.2) is 0 Å². The van der Waals surface area contributed by atoms with Crippen molar-refractivity contribution in [3.63, 3.8) is 0 Å². The highest BCUT2D eigenvalue weighted by Gasteiger charge is 2.61. The van der Waals surface area contributed by atoms with E-state index in [0.717, 1.165) is 38.5 Å². The topological polar surface area (TPSA) is 74.6 Å². The van der Waals surface area contributed by atoms with Gasteiger partial charge in [-0.05, 0) is 78.9 Å². The number of hydrogen-bond donors (Lipinski definition) is 2. The van der Waals surface area contributed by atoms with E-state index in [2.05, 4.69) is 32.9 Å². The average Bonchev–Trinajstić information content (AvgIpc) is 2.98. The number of aliphatic hydroxyl groups excluding tert-OH is 1. The monoisotopic (exact) mass is 388 g/mol. The van der Waals surface area contributed by atoms with Crippen LogP contribution in [0.1, 0.15) is 72.1 Å². The summed E-state index contributed by atoms with van der Waals surface area (Å²) in [5, 5.41) is 19.2. The minimum atomic E-state index is -0.716. The van der Waals surface area contributed by atoms with Crippen LogP contribution >= 0.6 is 0 Å². The summed E-state index contributed by atoms with van der Waals surface area (Å²) in [5.74, 6) is 1.63. The standard InChI is InChI=1S/C24H36O4/c1-14(4-7-21(27)28)17-5-6-18-22-19(9-11-24(17,18)3)23(2)10-8-16(25)12-15(23)13-20(22)26/h9,11,14-19,22,25H,4-8,10,12-13H2,1-3H3,(H,27,28)/t14-,15+,16-,17-,18+,19+,22+,23+,24-/m1/s1. The van der Waals surface area contributed by atoms with Crippen molar-refractivity contribution in [3.05, 3.63) is 12.2 Å². The molecule has 0 aliphatic heterocycles. The van der Waals surface area contributed by atoms with Crippen LogP contribution in [0.3, 0.4) is 0 Å². The number of ketones is 1. The Kier molecular flexibility index (Phi) is 5.01. The van der Waals surface area contributed by atoms with Crippen LogP contribution < -0.4 is 0 Å². The van der Waals surface area contributed by atoms with Gasteiger partial charge in [-0.1, -0.05) is 32.9 Å². The van der Waals surface area contributed by atoms with Crippen molar-refractivity contribution < 1.29 is 19.8 Å². The number of rotatable bonds is 4. The lowest BCUT2D eigenvalue weighted by Crippen LogP contribution is -2.55. The Balaban J connectivity index is 1.62. The first kappa shape index (κ1) is 20.1. The van der Waals surface area contributed by atoms with Crippen LogP contribution in [0.2, 0.25) is 0 Å². The highest BCUT2D eigenvalue weighted by Crippen LogP contribution is 2.65. The highest BCUT2D eigenvalue weighted by molar-refractivity contribution is 5.84. The Morgan fingerprint density at radius 2 is 2.04 bits per heavy atom. The fourth-order valence-electron chi connectivity index (χ4n) is 7.79. The van der Waals surface area contributed by atoms with Gasteiger partial charge >= 0.3 is 5.97 Å². The lowest BCUT2D eigenvalue weighted by molar-refractivity contribution is -0.146. The molecular formula is C24H36O4. The number of aliphatic carboxylic acids is 1. The molecule has 3 fully saturated rings. The van der Waals surface area contributed by atoms with Gasteiger partial charge in [0.05, 0.1) is 6.10 Å². The van der Waals surface area contributed by atoms with Crippen LogP contribution in [0, 0.1) is 46.3 Å². The Bertz CT molecular complexity index is 684. The first-order chi connectivity index (χ1) is 13.2. The lowest BCUT2D eigenvalue weighted by atomic mass is 9.46. The number of aliphatic hydroxyl groups is 1. The molecule has 4 heteroatoms. The summed E-state index contributed by atoms with van der Waals surface area (Å²) in [7, 11) is 0. The van der Waals surface area contributed by atoms with E-state index in [4.69, 9.17) is 5.11 Å². The number of carboxylic acid groups (broad SMARTS) is 1. The van der Waals surface area contributed by atoms with Crippen molar-refractivity contribution in [2.75, 3.05) is 0 Å². The molecule has 4 aliphatic rings. The van der Waals surface area contributed by atoms with Gasteiger partial charge in [-0.2, -0.15) is 0 Å². The van der Waals surface area contributed by atoms with Gasteiger partial charge in [0.2, 0.25) is 0 Å². The molecule has 28 heavy (non-hydrogen) atoms. The van der Waals surface area contributed by atoms with E-state index in [0.29, 0.717) is 41.8 Å². The normalized spacial score (nSPS) is 48.5. The SMILES string of the molecule is C[C@H](CCC(=O)O)[C@H]1CC[C@H]2[C@@H]3C(=O)C[C@@H]4C[C@H](O)CC[C@]4(C)[C@H]3C=C[C@]12C. The van der Waals surface area contributed by atoms with Crippen molar-refractivity contribution in [1.29, 1.82) is 0 Å². The van der Waals surface area contributed by atoms with Gasteiger partial charge in [0.25, 0.3) is 0 Å². The molecule has 4 aliphatic carbocycles. The molecule has 4 nitrogen and oxygen atoms in total. The van der Waals surface area contributed by atoms with Gasteiger partial charge in [-0.25, -0.2) is 0 Å². The van der Waals surface area contributed by atoms with Crippen molar-refractivity contribution >= 4 is 11.8 Å². The first-order valence-electron chi connectivity index (χ1n) is 11.3. The van der Waals surface area contributed by atoms with Crippen molar-refractivity contribution in [1.82, 2.24) is 0 Å². The van der Waals surface area contributed by atoms with E-state index in [-0.39, 0.29) is 29.3 Å². The van der Waals surface area contributed by atoms with Crippen LogP contribution in [0.5, 0.6) is 0 Å². The number of hydrogen-bond acceptors (Lipinski definition) is 3. The van der Waals surface area contributed by atoms with E-state index in [1.54, 1.807) is 0 Å². The fraction of sp³-hybridized carbons (Fsp3) is 0.833. The fourth-order valence-corrected chi connectivity index (χ4v) is 7.79. The second kappa shape index (κ2) is 6.97. The summed E-state index contributed by atoms with van der Waals surface area (Å²) < 4.78 is 0. The zero-order valence-corrected chi connectivity index (χ0v) is 17.6. The minimum Gasteiger partial charge on any atom is -0.481 e. The van der Waals surface area contributed by atoms with Crippen LogP contribution in [0.15, 0.2) is 12.2 Å². The summed E-state index contributed by atoms with van der Waals surface area (Å²) in [5.41, 5.74) is 0.134. The lowest BCUT2D eigenvalue weighted by Gasteiger charge is -2.58. The summed E-state index contributed by atoms with van der Waals surface area (Å²) in [4.78, 5) is 24.3. The molecule has 0 aromatic rings. The molecule has 0 heterocycles. The van der Waals surface area contributed by atoms with Gasteiger partial charge in [0, 0.05) is 18.8 Å². The molecule has 0 radical (unpaired) electrons. The molecule has 0 aromatic carbocycles. The molecule has 0 amide bonds. The summed E-state index contributed by atoms with van der Waals surface area (Å²) >= 11 is 0.